The number of hydrogen-bond acceptors (Lipinski definition) is 10. The number of phosphoric ester groups is 2. The molecule has 0 aliphatic carbocycles. The van der Waals surface area contributed by atoms with Crippen LogP contribution in [0.5, 0.6) is 0 Å². The molecule has 0 saturated carbocycles. The molecule has 0 aromatic heterocycles. The summed E-state index contributed by atoms with van der Waals surface area (Å²) < 4.78 is 54.1. The Bertz CT molecular complexity index is 554. The van der Waals surface area contributed by atoms with Gasteiger partial charge in [-0.25, -0.2) is 13.7 Å². The van der Waals surface area contributed by atoms with E-state index in [1.165, 1.54) is 0 Å². The van der Waals surface area contributed by atoms with Crippen LogP contribution in [0.15, 0.2) is 0 Å². The Morgan fingerprint density at radius 3 is 1.96 bits per heavy atom. The van der Waals surface area contributed by atoms with Gasteiger partial charge in [0.05, 0.1) is 12.7 Å². The second-order valence-corrected chi connectivity index (χ2v) is 8.91. The third kappa shape index (κ3) is 6.64. The van der Waals surface area contributed by atoms with E-state index < -0.39 is 54.4 Å². The molecular formula is C6H14BO13P3. The Labute approximate surface area is 131 Å². The third-order valence-electron chi connectivity index (χ3n) is 2.44. The van der Waals surface area contributed by atoms with Crippen LogP contribution >= 0.6 is 23.5 Å². The molecule has 1 fully saturated rings. The van der Waals surface area contributed by atoms with Crippen LogP contribution in [0, 0.1) is 0 Å². The summed E-state index contributed by atoms with van der Waals surface area (Å²) in [7, 11) is -9.84. The highest BCUT2D eigenvalue weighted by atomic mass is 31.3. The van der Waals surface area contributed by atoms with Gasteiger partial charge in [-0.1, -0.05) is 0 Å². The standard InChI is InChI=1S/C6H14BO13P3/c1-16-21(10,11)19-23(14,15)20-22(12,13)17-2-3-4(8)5(9)6(7)18-3/h3-6,8-9H,2H2,1H3,(H,10,11)(H,12,13)(H,14,15). The average molecular weight is 398 g/mol. The summed E-state index contributed by atoms with van der Waals surface area (Å²) in [4.78, 5) is 27.2. The third-order valence-corrected chi connectivity index (χ3v) is 6.68. The first-order chi connectivity index (χ1) is 10.3. The maximum atomic E-state index is 11.5. The molecule has 0 spiro atoms. The summed E-state index contributed by atoms with van der Waals surface area (Å²) in [6, 6.07) is -1.27. The number of aliphatic hydroxyl groups is 2. The minimum absolute atomic E-state index is 0.670. The van der Waals surface area contributed by atoms with Crippen molar-refractivity contribution in [3.8, 4) is 0 Å². The quantitative estimate of drug-likeness (QED) is 0.236. The van der Waals surface area contributed by atoms with Crippen molar-refractivity contribution in [1.29, 1.82) is 0 Å². The topological polar surface area (TPSA) is 199 Å². The fourth-order valence-corrected chi connectivity index (χ4v) is 4.68. The molecule has 17 heteroatoms. The van der Waals surface area contributed by atoms with Crippen LogP contribution in [0.2, 0.25) is 0 Å². The van der Waals surface area contributed by atoms with Crippen LogP contribution < -0.4 is 0 Å². The Hall–Kier alpha value is 0.355. The second kappa shape index (κ2) is 7.71. The second-order valence-electron chi connectivity index (χ2n) is 4.17. The van der Waals surface area contributed by atoms with Gasteiger partial charge in [0.25, 0.3) is 0 Å². The van der Waals surface area contributed by atoms with E-state index in [0.29, 0.717) is 7.11 Å². The van der Waals surface area contributed by atoms with E-state index in [1.807, 2.05) is 0 Å². The Balaban J connectivity index is 2.61. The van der Waals surface area contributed by atoms with Gasteiger partial charge in [-0.15, -0.1) is 0 Å². The Morgan fingerprint density at radius 2 is 1.52 bits per heavy atom. The first-order valence-electron chi connectivity index (χ1n) is 5.67. The monoisotopic (exact) mass is 398 g/mol. The largest absolute Gasteiger partial charge is 0.490 e. The highest BCUT2D eigenvalue weighted by Gasteiger charge is 2.44. The molecule has 1 aliphatic heterocycles. The fraction of sp³-hybridized carbons (Fsp3) is 1.00. The SMILES string of the molecule is [B]C1OC(COP(=O)(O)OP(=O)(O)OP(=O)(O)OC)C(O)C1O. The number of rotatable bonds is 8. The van der Waals surface area contributed by atoms with Crippen molar-refractivity contribution in [2.75, 3.05) is 13.7 Å². The average Bonchev–Trinajstić information content (AvgIpc) is 2.61. The van der Waals surface area contributed by atoms with Gasteiger partial charge in [0.2, 0.25) is 0 Å². The smallest absolute Gasteiger partial charge is 0.388 e. The molecule has 5 N–H and O–H groups in total. The molecule has 1 rings (SSSR count). The van der Waals surface area contributed by atoms with E-state index in [9.17, 15) is 28.8 Å². The van der Waals surface area contributed by atoms with Gasteiger partial charge in [0.15, 0.2) is 0 Å². The molecule has 1 heterocycles. The molecule has 0 aromatic rings. The van der Waals surface area contributed by atoms with E-state index in [-0.39, 0.29) is 0 Å². The molecule has 0 bridgehead atoms. The lowest BCUT2D eigenvalue weighted by molar-refractivity contribution is -0.00870. The van der Waals surface area contributed by atoms with Crippen molar-refractivity contribution in [3.05, 3.63) is 0 Å². The first-order valence-corrected chi connectivity index (χ1v) is 10.2. The van der Waals surface area contributed by atoms with Crippen LogP contribution in [0.1, 0.15) is 0 Å². The van der Waals surface area contributed by atoms with Gasteiger partial charge >= 0.3 is 23.5 Å². The predicted octanol–water partition coefficient (Wildman–Crippen LogP) is -1.40. The summed E-state index contributed by atoms with van der Waals surface area (Å²) in [6.07, 6.45) is -4.35. The van der Waals surface area contributed by atoms with Gasteiger partial charge in [0.1, 0.15) is 20.1 Å². The molecule has 1 aliphatic rings. The molecule has 1 saturated heterocycles. The Kier molecular flexibility index (Phi) is 7.18. The molecule has 0 aromatic carbocycles. The zero-order valence-corrected chi connectivity index (χ0v) is 14.1. The van der Waals surface area contributed by atoms with Crippen molar-refractivity contribution in [2.45, 2.75) is 24.3 Å². The summed E-state index contributed by atoms with van der Waals surface area (Å²) in [5.41, 5.74) is 0. The number of aliphatic hydroxyl groups excluding tert-OH is 2. The van der Waals surface area contributed by atoms with E-state index in [4.69, 9.17) is 22.4 Å². The summed E-state index contributed by atoms with van der Waals surface area (Å²) in [5, 5.41) is 18.8. The van der Waals surface area contributed by atoms with E-state index in [2.05, 4.69) is 17.7 Å². The molecule has 7 unspecified atom stereocenters. The van der Waals surface area contributed by atoms with Crippen molar-refractivity contribution >= 4 is 31.3 Å². The first kappa shape index (κ1) is 21.4. The summed E-state index contributed by atoms with van der Waals surface area (Å²) >= 11 is 0. The van der Waals surface area contributed by atoms with E-state index >= 15 is 0 Å². The van der Waals surface area contributed by atoms with Crippen LogP contribution in [0.4, 0.5) is 0 Å². The maximum Gasteiger partial charge on any atom is 0.490 e. The fourth-order valence-electron chi connectivity index (χ4n) is 1.42. The zero-order chi connectivity index (χ0) is 18.1. The van der Waals surface area contributed by atoms with Gasteiger partial charge in [0, 0.05) is 13.1 Å². The highest BCUT2D eigenvalue weighted by Crippen LogP contribution is 2.67. The van der Waals surface area contributed by atoms with Crippen molar-refractivity contribution in [3.63, 3.8) is 0 Å². The zero-order valence-electron chi connectivity index (χ0n) is 11.4. The van der Waals surface area contributed by atoms with Gasteiger partial charge in [-0.2, -0.15) is 8.62 Å². The molecule has 13 nitrogen and oxygen atoms in total. The molecule has 23 heavy (non-hydrogen) atoms. The van der Waals surface area contributed by atoms with Crippen LogP contribution in [0.25, 0.3) is 0 Å². The molecule has 2 radical (unpaired) electrons. The lowest BCUT2D eigenvalue weighted by Crippen LogP contribution is -2.34. The molecule has 0 amide bonds. The lowest BCUT2D eigenvalue weighted by atomic mass is 9.93. The van der Waals surface area contributed by atoms with Crippen LogP contribution in [-0.2, 0) is 36.1 Å². The van der Waals surface area contributed by atoms with Crippen molar-refractivity contribution in [2.24, 2.45) is 0 Å². The maximum absolute atomic E-state index is 11.5. The number of phosphoric acid groups is 3. The van der Waals surface area contributed by atoms with Crippen LogP contribution in [0.3, 0.4) is 0 Å². The van der Waals surface area contributed by atoms with Crippen molar-refractivity contribution in [1.82, 2.24) is 0 Å². The van der Waals surface area contributed by atoms with Gasteiger partial charge < -0.3 is 29.6 Å². The molecule has 7 atom stereocenters. The Morgan fingerprint density at radius 1 is 1.00 bits per heavy atom. The van der Waals surface area contributed by atoms with Crippen molar-refractivity contribution < 1.29 is 61.0 Å². The van der Waals surface area contributed by atoms with Gasteiger partial charge in [-0.05, 0) is 0 Å². The number of hydrogen-bond donors (Lipinski definition) is 5. The van der Waals surface area contributed by atoms with E-state index in [0.717, 1.165) is 0 Å². The lowest BCUT2D eigenvalue weighted by Gasteiger charge is -2.19. The normalized spacial score (nSPS) is 36.1. The van der Waals surface area contributed by atoms with Gasteiger partial charge in [-0.3, -0.25) is 9.05 Å². The van der Waals surface area contributed by atoms with E-state index in [1.54, 1.807) is 0 Å². The minimum Gasteiger partial charge on any atom is -0.388 e. The summed E-state index contributed by atoms with van der Waals surface area (Å²) in [6.45, 7) is -0.860. The summed E-state index contributed by atoms with van der Waals surface area (Å²) in [5.74, 6) is 0. The molecule has 134 valence electrons. The number of ether oxygens (including phenoxy) is 1. The predicted molar refractivity (Wildman–Crippen MR) is 71.0 cm³/mol. The minimum atomic E-state index is -5.51. The van der Waals surface area contributed by atoms with Crippen LogP contribution in [-0.4, -0.2) is 70.8 Å². The molecular weight excluding hydrogens is 384 g/mol. The highest BCUT2D eigenvalue weighted by molar-refractivity contribution is 7.66.